The molecule has 0 saturated heterocycles. The highest BCUT2D eigenvalue weighted by molar-refractivity contribution is 5.97. The van der Waals surface area contributed by atoms with Crippen molar-refractivity contribution in [2.75, 3.05) is 10.6 Å². The molecule has 2 unspecified atom stereocenters. The van der Waals surface area contributed by atoms with Crippen molar-refractivity contribution < 1.29 is 9.59 Å². The van der Waals surface area contributed by atoms with Crippen molar-refractivity contribution in [2.24, 2.45) is 17.6 Å². The molecule has 0 radical (unpaired) electrons. The predicted octanol–water partition coefficient (Wildman–Crippen LogP) is 3.52. The van der Waals surface area contributed by atoms with Crippen LogP contribution in [0, 0.1) is 11.8 Å². The highest BCUT2D eigenvalue weighted by Gasteiger charge is 2.22. The molecule has 1 aromatic carbocycles. The highest BCUT2D eigenvalue weighted by atomic mass is 16.2. The average Bonchev–Trinajstić information content (AvgIpc) is 2.61. The van der Waals surface area contributed by atoms with Crippen molar-refractivity contribution in [3.63, 3.8) is 0 Å². The second kappa shape index (κ2) is 8.83. The van der Waals surface area contributed by atoms with Crippen molar-refractivity contribution in [1.82, 2.24) is 0 Å². The van der Waals surface area contributed by atoms with Gasteiger partial charge in [-0.25, -0.2) is 0 Å². The van der Waals surface area contributed by atoms with Gasteiger partial charge in [-0.2, -0.15) is 0 Å². The third-order valence-electron chi connectivity index (χ3n) is 4.93. The van der Waals surface area contributed by atoms with E-state index in [1.807, 2.05) is 26.0 Å². The average molecular weight is 331 g/mol. The minimum absolute atomic E-state index is 0.0782. The normalized spacial score (nSPS) is 17.8. The Morgan fingerprint density at radius 3 is 2.42 bits per heavy atom. The summed E-state index contributed by atoms with van der Waals surface area (Å²) in [6, 6.07) is 6.71. The SMILES string of the molecule is CCC(C)C(N)C(=O)Nc1cccc(NC(=O)C2CCCCC2)c1. The third-order valence-corrected chi connectivity index (χ3v) is 4.93. The van der Waals surface area contributed by atoms with Crippen LogP contribution in [0.25, 0.3) is 0 Å². The summed E-state index contributed by atoms with van der Waals surface area (Å²) < 4.78 is 0. The summed E-state index contributed by atoms with van der Waals surface area (Å²) >= 11 is 0. The molecule has 2 amide bonds. The van der Waals surface area contributed by atoms with Gasteiger partial charge in [0.25, 0.3) is 0 Å². The van der Waals surface area contributed by atoms with E-state index in [2.05, 4.69) is 10.6 Å². The molecular weight excluding hydrogens is 302 g/mol. The fraction of sp³-hybridized carbons (Fsp3) is 0.579. The van der Waals surface area contributed by atoms with E-state index in [0.29, 0.717) is 11.4 Å². The zero-order valence-electron chi connectivity index (χ0n) is 14.7. The molecule has 1 fully saturated rings. The van der Waals surface area contributed by atoms with Crippen molar-refractivity contribution in [3.8, 4) is 0 Å². The number of benzene rings is 1. The zero-order chi connectivity index (χ0) is 17.5. The molecule has 5 nitrogen and oxygen atoms in total. The summed E-state index contributed by atoms with van der Waals surface area (Å²) in [5, 5.41) is 5.80. The monoisotopic (exact) mass is 331 g/mol. The van der Waals surface area contributed by atoms with E-state index in [0.717, 1.165) is 32.1 Å². The van der Waals surface area contributed by atoms with Crippen LogP contribution in [0.1, 0.15) is 52.4 Å². The van der Waals surface area contributed by atoms with E-state index in [-0.39, 0.29) is 23.7 Å². The van der Waals surface area contributed by atoms with Crippen LogP contribution in [0.15, 0.2) is 24.3 Å². The van der Waals surface area contributed by atoms with E-state index >= 15 is 0 Å². The minimum atomic E-state index is -0.532. The van der Waals surface area contributed by atoms with E-state index in [1.54, 1.807) is 12.1 Å². The topological polar surface area (TPSA) is 84.2 Å². The van der Waals surface area contributed by atoms with Gasteiger partial charge >= 0.3 is 0 Å². The summed E-state index contributed by atoms with van der Waals surface area (Å²) in [6.07, 6.45) is 6.26. The van der Waals surface area contributed by atoms with E-state index in [9.17, 15) is 9.59 Å². The Labute approximate surface area is 144 Å². The quantitative estimate of drug-likeness (QED) is 0.745. The number of anilines is 2. The fourth-order valence-corrected chi connectivity index (χ4v) is 3.02. The Bertz CT molecular complexity index is 536. The Morgan fingerprint density at radius 2 is 1.79 bits per heavy atom. The molecule has 5 heteroatoms. The Hall–Kier alpha value is -1.88. The summed E-state index contributed by atoms with van der Waals surface area (Å²) in [5.74, 6) is 0.115. The maximum absolute atomic E-state index is 12.3. The van der Waals surface area contributed by atoms with Crippen LogP contribution in [0.2, 0.25) is 0 Å². The molecule has 2 rings (SSSR count). The van der Waals surface area contributed by atoms with Gasteiger partial charge in [0, 0.05) is 17.3 Å². The van der Waals surface area contributed by atoms with E-state index in [1.165, 1.54) is 6.42 Å². The van der Waals surface area contributed by atoms with Crippen LogP contribution in [-0.4, -0.2) is 17.9 Å². The van der Waals surface area contributed by atoms with Crippen LogP contribution >= 0.6 is 0 Å². The third kappa shape index (κ3) is 5.06. The van der Waals surface area contributed by atoms with Crippen molar-refractivity contribution in [1.29, 1.82) is 0 Å². The number of amides is 2. The lowest BCUT2D eigenvalue weighted by Gasteiger charge is -2.21. The number of rotatable bonds is 6. The molecule has 1 aliphatic carbocycles. The van der Waals surface area contributed by atoms with Crippen molar-refractivity contribution in [2.45, 2.75) is 58.4 Å². The van der Waals surface area contributed by atoms with Crippen molar-refractivity contribution in [3.05, 3.63) is 24.3 Å². The zero-order valence-corrected chi connectivity index (χ0v) is 14.7. The summed E-state index contributed by atoms with van der Waals surface area (Å²) in [6.45, 7) is 3.98. The maximum atomic E-state index is 12.3. The minimum Gasteiger partial charge on any atom is -0.326 e. The molecule has 2 atom stereocenters. The van der Waals surface area contributed by atoms with Gasteiger partial charge in [0.05, 0.1) is 6.04 Å². The van der Waals surface area contributed by atoms with Crippen LogP contribution < -0.4 is 16.4 Å². The summed E-state index contributed by atoms with van der Waals surface area (Å²) in [7, 11) is 0. The van der Waals surface area contributed by atoms with E-state index in [4.69, 9.17) is 5.73 Å². The molecule has 24 heavy (non-hydrogen) atoms. The molecule has 1 aromatic rings. The molecule has 1 saturated carbocycles. The number of hydrogen-bond acceptors (Lipinski definition) is 3. The molecule has 132 valence electrons. The second-order valence-electron chi connectivity index (χ2n) is 6.81. The van der Waals surface area contributed by atoms with Gasteiger partial charge in [-0.15, -0.1) is 0 Å². The molecule has 0 aromatic heterocycles. The molecular formula is C19H29N3O2. The first-order valence-corrected chi connectivity index (χ1v) is 8.98. The molecule has 0 spiro atoms. The molecule has 0 heterocycles. The lowest BCUT2D eigenvalue weighted by molar-refractivity contribution is -0.120. The van der Waals surface area contributed by atoms with Crippen LogP contribution in [0.5, 0.6) is 0 Å². The van der Waals surface area contributed by atoms with Gasteiger partial charge in [-0.1, -0.05) is 45.6 Å². The van der Waals surface area contributed by atoms with Gasteiger partial charge in [0.15, 0.2) is 0 Å². The molecule has 4 N–H and O–H groups in total. The smallest absolute Gasteiger partial charge is 0.241 e. The first-order chi connectivity index (χ1) is 11.5. The Morgan fingerprint density at radius 1 is 1.17 bits per heavy atom. The standard InChI is InChI=1S/C19H29N3O2/c1-3-13(2)17(20)19(24)22-16-11-7-10-15(12-16)21-18(23)14-8-5-4-6-9-14/h7,10-14,17H,3-6,8-9,20H2,1-2H3,(H,21,23)(H,22,24). The van der Waals surface area contributed by atoms with Gasteiger partial charge < -0.3 is 16.4 Å². The maximum Gasteiger partial charge on any atom is 0.241 e. The van der Waals surface area contributed by atoms with Gasteiger partial charge in [-0.3, -0.25) is 9.59 Å². The van der Waals surface area contributed by atoms with Gasteiger partial charge in [0.1, 0.15) is 0 Å². The molecule has 1 aliphatic rings. The largest absolute Gasteiger partial charge is 0.326 e. The number of carbonyl (C=O) groups is 2. The summed E-state index contributed by atoms with van der Waals surface area (Å²) in [5.41, 5.74) is 7.32. The Kier molecular flexibility index (Phi) is 6.79. The van der Waals surface area contributed by atoms with Crippen molar-refractivity contribution >= 4 is 23.2 Å². The summed E-state index contributed by atoms with van der Waals surface area (Å²) in [4.78, 5) is 24.5. The number of nitrogens with two attached hydrogens (primary N) is 1. The number of hydrogen-bond donors (Lipinski definition) is 3. The van der Waals surface area contributed by atoms with Gasteiger partial charge in [0.2, 0.25) is 11.8 Å². The lowest BCUT2D eigenvalue weighted by atomic mass is 9.88. The fourth-order valence-electron chi connectivity index (χ4n) is 3.02. The first-order valence-electron chi connectivity index (χ1n) is 8.98. The van der Waals surface area contributed by atoms with E-state index < -0.39 is 6.04 Å². The van der Waals surface area contributed by atoms with Crippen LogP contribution in [-0.2, 0) is 9.59 Å². The predicted molar refractivity (Wildman–Crippen MR) is 97.7 cm³/mol. The molecule has 0 aliphatic heterocycles. The van der Waals surface area contributed by atoms with Crippen LogP contribution in [0.4, 0.5) is 11.4 Å². The second-order valence-corrected chi connectivity index (χ2v) is 6.81. The lowest BCUT2D eigenvalue weighted by Crippen LogP contribution is -2.40. The van der Waals surface area contributed by atoms with Crippen LogP contribution in [0.3, 0.4) is 0 Å². The highest BCUT2D eigenvalue weighted by Crippen LogP contribution is 2.25. The number of nitrogens with one attached hydrogen (secondary N) is 2. The molecule has 0 bridgehead atoms. The first kappa shape index (κ1) is 18.5. The Balaban J connectivity index is 1.95. The number of carbonyl (C=O) groups excluding carboxylic acids is 2. The van der Waals surface area contributed by atoms with Gasteiger partial charge in [-0.05, 0) is 37.0 Å².